The van der Waals surface area contributed by atoms with Gasteiger partial charge in [-0.25, -0.2) is 8.42 Å². The van der Waals surface area contributed by atoms with E-state index in [1.807, 2.05) is 0 Å². The summed E-state index contributed by atoms with van der Waals surface area (Å²) in [6.45, 7) is 0. The summed E-state index contributed by atoms with van der Waals surface area (Å²) in [5, 5.41) is 11.6. The molecule has 1 aromatic rings. The molecule has 0 amide bonds. The van der Waals surface area contributed by atoms with Crippen LogP contribution in [0.3, 0.4) is 0 Å². The van der Waals surface area contributed by atoms with E-state index < -0.39 is 9.84 Å². The zero-order valence-electron chi connectivity index (χ0n) is 7.71. The lowest BCUT2D eigenvalue weighted by Gasteiger charge is -2.02. The molecule has 1 N–H and O–H groups in total. The lowest BCUT2D eigenvalue weighted by molar-refractivity contribution is 0.319. The van der Waals surface area contributed by atoms with Gasteiger partial charge in [0.2, 0.25) is 0 Å². The van der Waals surface area contributed by atoms with Crippen LogP contribution in [0.4, 0.5) is 0 Å². The maximum atomic E-state index is 11.0. The van der Waals surface area contributed by atoms with Crippen molar-refractivity contribution in [3.63, 3.8) is 0 Å². The van der Waals surface area contributed by atoms with Gasteiger partial charge < -0.3 is 5.21 Å². The first kappa shape index (κ1) is 10.7. The van der Waals surface area contributed by atoms with Crippen LogP contribution in [0.1, 0.15) is 5.56 Å². The second-order valence-corrected chi connectivity index (χ2v) is 5.12. The van der Waals surface area contributed by atoms with Gasteiger partial charge in [0.05, 0.1) is 5.75 Å². The molecule has 1 rings (SSSR count). The fourth-order valence-electron chi connectivity index (χ4n) is 1.05. The molecule has 0 radical (unpaired) electrons. The zero-order valence-corrected chi connectivity index (χ0v) is 8.53. The van der Waals surface area contributed by atoms with E-state index >= 15 is 0 Å². The highest BCUT2D eigenvalue weighted by Crippen LogP contribution is 2.03. The third kappa shape index (κ3) is 3.18. The van der Waals surface area contributed by atoms with Crippen LogP contribution in [-0.2, 0) is 9.84 Å². The normalized spacial score (nSPS) is 12.8. The molecule has 0 aliphatic rings. The zero-order chi connectivity index (χ0) is 10.6. The summed E-state index contributed by atoms with van der Waals surface area (Å²) in [5.74, 6) is -0.256. The molecule has 0 atom stereocenters. The Hall–Kier alpha value is -1.36. The minimum Gasteiger partial charge on any atom is -0.411 e. The van der Waals surface area contributed by atoms with Gasteiger partial charge in [0.15, 0.2) is 9.84 Å². The van der Waals surface area contributed by atoms with Crippen molar-refractivity contribution in [1.82, 2.24) is 0 Å². The van der Waals surface area contributed by atoms with Crippen molar-refractivity contribution in [2.24, 2.45) is 5.16 Å². The van der Waals surface area contributed by atoms with E-state index in [0.717, 1.165) is 6.26 Å². The Kier molecular flexibility index (Phi) is 3.24. The minimum atomic E-state index is -3.17. The van der Waals surface area contributed by atoms with E-state index in [4.69, 9.17) is 5.21 Å². The van der Waals surface area contributed by atoms with Crippen LogP contribution in [0.2, 0.25) is 0 Å². The molecule has 0 unspecified atom stereocenters. The van der Waals surface area contributed by atoms with Crippen molar-refractivity contribution in [3.8, 4) is 0 Å². The third-order valence-electron chi connectivity index (χ3n) is 1.63. The summed E-state index contributed by atoms with van der Waals surface area (Å²) in [7, 11) is -3.17. The highest BCUT2D eigenvalue weighted by molar-refractivity contribution is 7.91. The van der Waals surface area contributed by atoms with Crippen LogP contribution < -0.4 is 0 Å². The number of nitrogens with zero attached hydrogens (tertiary/aromatic N) is 1. The summed E-state index contributed by atoms with van der Waals surface area (Å²) in [4.78, 5) is 0. The van der Waals surface area contributed by atoms with E-state index in [-0.39, 0.29) is 11.5 Å². The smallest absolute Gasteiger partial charge is 0.153 e. The van der Waals surface area contributed by atoms with Crippen molar-refractivity contribution in [2.75, 3.05) is 12.0 Å². The monoisotopic (exact) mass is 213 g/mol. The summed E-state index contributed by atoms with van der Waals surface area (Å²) < 4.78 is 22.0. The van der Waals surface area contributed by atoms with Gasteiger partial charge >= 0.3 is 0 Å². The predicted molar refractivity (Wildman–Crippen MR) is 54.5 cm³/mol. The molecule has 0 saturated carbocycles. The van der Waals surface area contributed by atoms with E-state index in [1.54, 1.807) is 30.3 Å². The molecule has 0 heterocycles. The van der Waals surface area contributed by atoms with E-state index in [2.05, 4.69) is 5.16 Å². The van der Waals surface area contributed by atoms with Gasteiger partial charge in [-0.2, -0.15) is 0 Å². The Labute approximate surface area is 82.8 Å². The first-order valence-corrected chi connectivity index (χ1v) is 6.03. The molecule has 0 aliphatic heterocycles. The van der Waals surface area contributed by atoms with Crippen molar-refractivity contribution in [2.45, 2.75) is 0 Å². The molecule has 1 aromatic carbocycles. The Morgan fingerprint density at radius 2 is 1.93 bits per heavy atom. The van der Waals surface area contributed by atoms with E-state index in [1.165, 1.54) is 0 Å². The topological polar surface area (TPSA) is 66.7 Å². The average Bonchev–Trinajstić information content (AvgIpc) is 2.14. The maximum absolute atomic E-state index is 11.0. The Morgan fingerprint density at radius 1 is 1.36 bits per heavy atom. The van der Waals surface area contributed by atoms with Crippen LogP contribution >= 0.6 is 0 Å². The number of benzene rings is 1. The second kappa shape index (κ2) is 4.23. The van der Waals surface area contributed by atoms with Crippen LogP contribution in [0.25, 0.3) is 0 Å². The molecule has 0 fully saturated rings. The van der Waals surface area contributed by atoms with Crippen molar-refractivity contribution < 1.29 is 13.6 Å². The van der Waals surface area contributed by atoms with E-state index in [9.17, 15) is 8.42 Å². The lowest BCUT2D eigenvalue weighted by atomic mass is 10.1. The Balaban J connectivity index is 2.97. The maximum Gasteiger partial charge on any atom is 0.153 e. The van der Waals surface area contributed by atoms with Crippen molar-refractivity contribution in [3.05, 3.63) is 35.9 Å². The molecular weight excluding hydrogens is 202 g/mol. The highest BCUT2D eigenvalue weighted by Gasteiger charge is 2.11. The number of oxime groups is 1. The standard InChI is InChI=1S/C9H11NO3S/c1-14(12,13)7-9(10-11)8-5-3-2-4-6-8/h2-6,11H,7H2,1H3/b10-9-. The highest BCUT2D eigenvalue weighted by atomic mass is 32.2. The third-order valence-corrected chi connectivity index (χ3v) is 2.42. The largest absolute Gasteiger partial charge is 0.411 e. The van der Waals surface area contributed by atoms with Crippen LogP contribution in [0.15, 0.2) is 35.5 Å². The van der Waals surface area contributed by atoms with Gasteiger partial charge in [-0.3, -0.25) is 0 Å². The van der Waals surface area contributed by atoms with Gasteiger partial charge in [0.1, 0.15) is 5.71 Å². The number of hydrogen-bond acceptors (Lipinski definition) is 4. The van der Waals surface area contributed by atoms with Crippen molar-refractivity contribution in [1.29, 1.82) is 0 Å². The summed E-state index contributed by atoms with van der Waals surface area (Å²) >= 11 is 0. The molecule has 4 nitrogen and oxygen atoms in total. The molecule has 0 aromatic heterocycles. The fourth-order valence-corrected chi connectivity index (χ4v) is 1.77. The SMILES string of the molecule is CS(=O)(=O)C/C(=N/O)c1ccccc1. The molecule has 0 aliphatic carbocycles. The van der Waals surface area contributed by atoms with Gasteiger partial charge in [-0.1, -0.05) is 35.5 Å². The van der Waals surface area contributed by atoms with Gasteiger partial charge in [-0.15, -0.1) is 0 Å². The molecule has 0 spiro atoms. The Bertz CT molecular complexity index is 423. The quantitative estimate of drug-likeness (QED) is 0.461. The minimum absolute atomic E-state index is 0.160. The van der Waals surface area contributed by atoms with Crippen molar-refractivity contribution >= 4 is 15.5 Å². The second-order valence-electron chi connectivity index (χ2n) is 2.98. The van der Waals surface area contributed by atoms with Gasteiger partial charge in [0.25, 0.3) is 0 Å². The van der Waals surface area contributed by atoms with Gasteiger partial charge in [-0.05, 0) is 0 Å². The first-order chi connectivity index (χ1) is 6.53. The number of hydrogen-bond donors (Lipinski definition) is 1. The molecule has 0 bridgehead atoms. The molecule has 76 valence electrons. The van der Waals surface area contributed by atoms with Crippen LogP contribution in [0, 0.1) is 0 Å². The Morgan fingerprint density at radius 3 is 2.36 bits per heavy atom. The first-order valence-electron chi connectivity index (χ1n) is 3.97. The molecule has 5 heteroatoms. The fraction of sp³-hybridized carbons (Fsp3) is 0.222. The van der Waals surface area contributed by atoms with Crippen LogP contribution in [0.5, 0.6) is 0 Å². The summed E-state index contributed by atoms with van der Waals surface area (Å²) in [6.07, 6.45) is 1.10. The van der Waals surface area contributed by atoms with E-state index in [0.29, 0.717) is 5.56 Å². The summed E-state index contributed by atoms with van der Waals surface area (Å²) in [5.41, 5.74) is 0.772. The number of rotatable bonds is 3. The molecule has 14 heavy (non-hydrogen) atoms. The van der Waals surface area contributed by atoms with Crippen LogP contribution in [-0.4, -0.2) is 31.3 Å². The molecule has 0 saturated heterocycles. The molecular formula is C9H11NO3S. The average molecular weight is 213 g/mol. The van der Waals surface area contributed by atoms with Gasteiger partial charge in [0, 0.05) is 11.8 Å². The predicted octanol–water partition coefficient (Wildman–Crippen LogP) is 0.910. The lowest BCUT2D eigenvalue weighted by Crippen LogP contribution is -2.15. The number of sulfone groups is 1. The summed E-state index contributed by atoms with van der Waals surface area (Å²) in [6, 6.07) is 8.70.